The molecule has 0 aliphatic heterocycles. The molecule has 0 fully saturated rings. The van der Waals surface area contributed by atoms with Crippen molar-refractivity contribution in [3.05, 3.63) is 23.2 Å². The summed E-state index contributed by atoms with van der Waals surface area (Å²) in [6.07, 6.45) is 3.80. The number of hydrogen-bond acceptors (Lipinski definition) is 4. The van der Waals surface area contributed by atoms with Gasteiger partial charge in [0.1, 0.15) is 0 Å². The predicted octanol–water partition coefficient (Wildman–Crippen LogP) is 3.12. The lowest BCUT2D eigenvalue weighted by Crippen LogP contribution is -2.39. The number of rotatable bonds is 7. The first-order valence-electron chi connectivity index (χ1n) is 6.40. The van der Waals surface area contributed by atoms with Crippen molar-refractivity contribution in [1.82, 2.24) is 4.72 Å². The Morgan fingerprint density at radius 2 is 1.95 bits per heavy atom. The van der Waals surface area contributed by atoms with Crippen LogP contribution in [0.25, 0.3) is 0 Å². The Morgan fingerprint density at radius 1 is 1.35 bits per heavy atom. The first kappa shape index (κ1) is 17.6. The summed E-state index contributed by atoms with van der Waals surface area (Å²) < 4.78 is 27.1. The number of nitrogen functional groups attached to an aromatic ring is 1. The van der Waals surface area contributed by atoms with Gasteiger partial charge in [0, 0.05) is 11.3 Å². The fraction of sp³-hybridized carbons (Fsp3) is 0.538. The maximum Gasteiger partial charge on any atom is 0.240 e. The second kappa shape index (κ2) is 7.02. The lowest BCUT2D eigenvalue weighted by molar-refractivity contribution is 0.522. The minimum absolute atomic E-state index is 0.0787. The van der Waals surface area contributed by atoms with Crippen molar-refractivity contribution >= 4 is 39.1 Å². The van der Waals surface area contributed by atoms with Gasteiger partial charge in [0.15, 0.2) is 0 Å². The highest BCUT2D eigenvalue weighted by molar-refractivity contribution is 8.00. The molecule has 114 valence electrons. The van der Waals surface area contributed by atoms with Crippen molar-refractivity contribution in [3.8, 4) is 0 Å². The summed E-state index contributed by atoms with van der Waals surface area (Å²) in [5.41, 5.74) is 5.96. The molecule has 20 heavy (non-hydrogen) atoms. The molecule has 3 N–H and O–H groups in total. The number of halogens is 1. The van der Waals surface area contributed by atoms with Crippen LogP contribution in [-0.4, -0.2) is 26.0 Å². The Morgan fingerprint density at radius 3 is 2.40 bits per heavy atom. The predicted molar refractivity (Wildman–Crippen MR) is 87.9 cm³/mol. The van der Waals surface area contributed by atoms with Crippen molar-refractivity contribution in [2.24, 2.45) is 0 Å². The molecule has 0 radical (unpaired) electrons. The van der Waals surface area contributed by atoms with Gasteiger partial charge in [0.25, 0.3) is 0 Å². The van der Waals surface area contributed by atoms with Crippen molar-refractivity contribution < 1.29 is 8.42 Å². The van der Waals surface area contributed by atoms with E-state index in [1.165, 1.54) is 18.2 Å². The zero-order valence-electron chi connectivity index (χ0n) is 11.9. The lowest BCUT2D eigenvalue weighted by Gasteiger charge is -2.29. The number of nitrogens with two attached hydrogens (primary N) is 1. The highest BCUT2D eigenvalue weighted by Crippen LogP contribution is 2.30. The number of sulfonamides is 1. The maximum atomic E-state index is 12.3. The summed E-state index contributed by atoms with van der Waals surface area (Å²) in [7, 11) is -3.57. The third-order valence-electron chi connectivity index (χ3n) is 3.59. The smallest absolute Gasteiger partial charge is 0.240 e. The molecule has 0 aromatic heterocycles. The van der Waals surface area contributed by atoms with Gasteiger partial charge in [-0.2, -0.15) is 11.8 Å². The van der Waals surface area contributed by atoms with Crippen LogP contribution in [0.3, 0.4) is 0 Å². The Kier molecular flexibility index (Phi) is 6.19. The number of nitrogens with one attached hydrogen (secondary N) is 1. The molecule has 1 aromatic carbocycles. The van der Waals surface area contributed by atoms with E-state index in [9.17, 15) is 8.42 Å². The SMILES string of the molecule is CCC(CC)(CNS(=O)(=O)c1ccc(N)c(Cl)c1)SC. The average Bonchev–Trinajstić information content (AvgIpc) is 2.44. The quantitative estimate of drug-likeness (QED) is 0.750. The molecule has 0 heterocycles. The summed E-state index contributed by atoms with van der Waals surface area (Å²) in [6, 6.07) is 4.33. The van der Waals surface area contributed by atoms with E-state index in [0.29, 0.717) is 12.2 Å². The molecule has 1 rings (SSSR count). The topological polar surface area (TPSA) is 72.2 Å². The van der Waals surface area contributed by atoms with E-state index in [2.05, 4.69) is 18.6 Å². The van der Waals surface area contributed by atoms with Crippen LogP contribution in [0.5, 0.6) is 0 Å². The van der Waals surface area contributed by atoms with Gasteiger partial charge in [-0.25, -0.2) is 13.1 Å². The van der Waals surface area contributed by atoms with E-state index in [1.807, 2.05) is 6.26 Å². The van der Waals surface area contributed by atoms with E-state index in [4.69, 9.17) is 17.3 Å². The van der Waals surface area contributed by atoms with E-state index in [1.54, 1.807) is 11.8 Å². The minimum atomic E-state index is -3.57. The molecule has 0 atom stereocenters. The largest absolute Gasteiger partial charge is 0.398 e. The normalized spacial score (nSPS) is 12.6. The Balaban J connectivity index is 2.92. The molecule has 0 spiro atoms. The van der Waals surface area contributed by atoms with Gasteiger partial charge in [0.2, 0.25) is 10.0 Å². The Bertz CT molecular complexity index is 549. The van der Waals surface area contributed by atoms with Crippen molar-refractivity contribution in [1.29, 1.82) is 0 Å². The van der Waals surface area contributed by atoms with Gasteiger partial charge in [-0.3, -0.25) is 0 Å². The standard InChI is InChI=1S/C13H21ClN2O2S2/c1-4-13(5-2,19-3)9-16-20(17,18)10-6-7-12(15)11(14)8-10/h6-8,16H,4-5,9,15H2,1-3H3. The molecule has 7 heteroatoms. The second-order valence-electron chi connectivity index (χ2n) is 4.60. The van der Waals surface area contributed by atoms with Crippen molar-refractivity contribution in [2.75, 3.05) is 18.5 Å². The van der Waals surface area contributed by atoms with Crippen molar-refractivity contribution in [3.63, 3.8) is 0 Å². The highest BCUT2D eigenvalue weighted by atomic mass is 35.5. The van der Waals surface area contributed by atoms with E-state index in [0.717, 1.165) is 12.8 Å². The average molecular weight is 337 g/mol. The number of hydrogen-bond donors (Lipinski definition) is 2. The fourth-order valence-corrected chi connectivity index (χ4v) is 4.13. The number of thioether (sulfide) groups is 1. The second-order valence-corrected chi connectivity index (χ2v) is 8.05. The Hall–Kier alpha value is -0.430. The molecular formula is C13H21ClN2O2S2. The molecule has 0 aliphatic rings. The third-order valence-corrected chi connectivity index (χ3v) is 6.90. The zero-order chi connectivity index (χ0) is 15.4. The van der Waals surface area contributed by atoms with Gasteiger partial charge in [-0.15, -0.1) is 0 Å². The molecular weight excluding hydrogens is 316 g/mol. The zero-order valence-corrected chi connectivity index (χ0v) is 14.3. The van der Waals surface area contributed by atoms with E-state index < -0.39 is 10.0 Å². The van der Waals surface area contributed by atoms with Crippen LogP contribution in [0.15, 0.2) is 23.1 Å². The third kappa shape index (κ3) is 4.04. The molecule has 0 bridgehead atoms. The van der Waals surface area contributed by atoms with Crippen molar-refractivity contribution in [2.45, 2.75) is 36.3 Å². The van der Waals surface area contributed by atoms with Gasteiger partial charge < -0.3 is 5.73 Å². The summed E-state index contributed by atoms with van der Waals surface area (Å²) in [5, 5.41) is 0.245. The molecule has 0 amide bonds. The summed E-state index contributed by atoms with van der Waals surface area (Å²) in [6.45, 7) is 4.52. The summed E-state index contributed by atoms with van der Waals surface area (Å²) >= 11 is 7.56. The summed E-state index contributed by atoms with van der Waals surface area (Å²) in [5.74, 6) is 0. The molecule has 4 nitrogen and oxygen atoms in total. The monoisotopic (exact) mass is 336 g/mol. The van der Waals surface area contributed by atoms with Crippen LogP contribution in [0.1, 0.15) is 26.7 Å². The fourth-order valence-electron chi connectivity index (χ4n) is 1.85. The molecule has 0 saturated heterocycles. The van der Waals surface area contributed by atoms with Crippen LogP contribution in [0.4, 0.5) is 5.69 Å². The Labute approximate surface area is 130 Å². The lowest BCUT2D eigenvalue weighted by atomic mass is 10.0. The molecule has 0 unspecified atom stereocenters. The van der Waals surface area contributed by atoms with Crippen LogP contribution in [0.2, 0.25) is 5.02 Å². The molecule has 0 aliphatic carbocycles. The first-order chi connectivity index (χ1) is 9.30. The van der Waals surface area contributed by atoms with Gasteiger partial charge in [0.05, 0.1) is 15.6 Å². The van der Waals surface area contributed by atoms with E-state index >= 15 is 0 Å². The summed E-state index contributed by atoms with van der Waals surface area (Å²) in [4.78, 5) is 0.138. The van der Waals surface area contributed by atoms with Crippen LogP contribution >= 0.6 is 23.4 Å². The highest BCUT2D eigenvalue weighted by Gasteiger charge is 2.27. The van der Waals surface area contributed by atoms with Crippen LogP contribution < -0.4 is 10.5 Å². The van der Waals surface area contributed by atoms with Gasteiger partial charge >= 0.3 is 0 Å². The molecule has 0 saturated carbocycles. The van der Waals surface area contributed by atoms with Crippen LogP contribution in [-0.2, 0) is 10.0 Å². The number of benzene rings is 1. The van der Waals surface area contributed by atoms with Gasteiger partial charge in [-0.1, -0.05) is 25.4 Å². The molecule has 1 aromatic rings. The van der Waals surface area contributed by atoms with E-state index in [-0.39, 0.29) is 14.7 Å². The minimum Gasteiger partial charge on any atom is -0.398 e. The van der Waals surface area contributed by atoms with Crippen LogP contribution in [0, 0.1) is 0 Å². The number of anilines is 1. The first-order valence-corrected chi connectivity index (χ1v) is 9.48. The maximum absolute atomic E-state index is 12.3. The van der Waals surface area contributed by atoms with Gasteiger partial charge in [-0.05, 0) is 37.3 Å².